The summed E-state index contributed by atoms with van der Waals surface area (Å²) < 4.78 is 5.84. The number of hydrogen-bond donors (Lipinski definition) is 2. The summed E-state index contributed by atoms with van der Waals surface area (Å²) in [5, 5.41) is 7.30. The molecule has 2 N–H and O–H groups in total. The summed E-state index contributed by atoms with van der Waals surface area (Å²) in [6.45, 7) is 3.73. The van der Waals surface area contributed by atoms with Crippen molar-refractivity contribution < 1.29 is 4.74 Å². The summed E-state index contributed by atoms with van der Waals surface area (Å²) in [6.07, 6.45) is 1.75. The van der Waals surface area contributed by atoms with Crippen LogP contribution in [0.5, 0.6) is 0 Å². The third-order valence-electron chi connectivity index (χ3n) is 3.48. The quantitative estimate of drug-likeness (QED) is 0.910. The van der Waals surface area contributed by atoms with Crippen LogP contribution in [0.3, 0.4) is 0 Å². The van der Waals surface area contributed by atoms with Gasteiger partial charge in [0.05, 0.1) is 17.7 Å². The Morgan fingerprint density at radius 3 is 2.67 bits per heavy atom. The molecule has 110 valence electrons. The molecule has 3 rings (SSSR count). The van der Waals surface area contributed by atoms with E-state index in [1.807, 2.05) is 24.3 Å². The zero-order valence-corrected chi connectivity index (χ0v) is 12.6. The van der Waals surface area contributed by atoms with Gasteiger partial charge in [-0.25, -0.2) is 4.98 Å². The molecule has 2 heterocycles. The molecule has 2 unspecified atom stereocenters. The van der Waals surface area contributed by atoms with Crippen molar-refractivity contribution in [1.29, 1.82) is 0 Å². The molecule has 1 fully saturated rings. The Balaban J connectivity index is 1.65. The van der Waals surface area contributed by atoms with Crippen LogP contribution in [-0.4, -0.2) is 24.2 Å². The maximum Gasteiger partial charge on any atom is 0.130 e. The van der Waals surface area contributed by atoms with Crippen molar-refractivity contribution in [2.75, 3.05) is 18.5 Å². The van der Waals surface area contributed by atoms with Gasteiger partial charge in [-0.05, 0) is 36.8 Å². The van der Waals surface area contributed by atoms with Gasteiger partial charge in [-0.15, -0.1) is 0 Å². The number of aromatic nitrogens is 1. The number of pyridine rings is 1. The molecule has 0 saturated carbocycles. The first kappa shape index (κ1) is 14.3. The minimum Gasteiger partial charge on any atom is -0.371 e. The molecule has 0 radical (unpaired) electrons. The van der Waals surface area contributed by atoms with Crippen LogP contribution in [0, 0.1) is 0 Å². The van der Waals surface area contributed by atoms with Crippen LogP contribution in [0.25, 0.3) is 0 Å². The Kier molecular flexibility index (Phi) is 4.39. The highest BCUT2D eigenvalue weighted by Crippen LogP contribution is 2.23. The number of rotatable bonds is 3. The van der Waals surface area contributed by atoms with E-state index in [1.165, 1.54) is 5.56 Å². The highest BCUT2D eigenvalue weighted by Gasteiger charge is 2.19. The lowest BCUT2D eigenvalue weighted by Gasteiger charge is -2.28. The molecule has 2 aromatic rings. The van der Waals surface area contributed by atoms with Gasteiger partial charge < -0.3 is 15.4 Å². The maximum atomic E-state index is 5.84. The van der Waals surface area contributed by atoms with Gasteiger partial charge in [0.2, 0.25) is 0 Å². The van der Waals surface area contributed by atoms with Gasteiger partial charge in [-0.2, -0.15) is 0 Å². The second-order valence-corrected chi connectivity index (χ2v) is 5.68. The smallest absolute Gasteiger partial charge is 0.130 e. The average molecular weight is 304 g/mol. The van der Waals surface area contributed by atoms with E-state index in [4.69, 9.17) is 16.3 Å². The van der Waals surface area contributed by atoms with Crippen molar-refractivity contribution in [2.24, 2.45) is 0 Å². The number of anilines is 2. The molecule has 0 spiro atoms. The maximum absolute atomic E-state index is 5.84. The molecule has 1 saturated heterocycles. The van der Waals surface area contributed by atoms with Crippen molar-refractivity contribution in [3.63, 3.8) is 0 Å². The van der Waals surface area contributed by atoms with Crippen molar-refractivity contribution in [3.8, 4) is 0 Å². The van der Waals surface area contributed by atoms with E-state index in [2.05, 4.69) is 34.7 Å². The normalized spacial score (nSPS) is 22.0. The molecular weight excluding hydrogens is 286 g/mol. The molecule has 0 bridgehead atoms. The number of halogens is 1. The molecule has 0 aliphatic carbocycles. The van der Waals surface area contributed by atoms with Gasteiger partial charge in [0, 0.05) is 24.5 Å². The number of morpholine rings is 1. The predicted molar refractivity (Wildman–Crippen MR) is 85.1 cm³/mol. The molecular formula is C16H18ClN3O. The van der Waals surface area contributed by atoms with Crippen LogP contribution >= 0.6 is 11.6 Å². The van der Waals surface area contributed by atoms with E-state index in [-0.39, 0.29) is 6.10 Å². The fourth-order valence-corrected chi connectivity index (χ4v) is 2.39. The van der Waals surface area contributed by atoms with Crippen LogP contribution in [-0.2, 0) is 4.74 Å². The molecule has 5 heteroatoms. The third-order valence-corrected chi connectivity index (χ3v) is 3.70. The van der Waals surface area contributed by atoms with Crippen LogP contribution < -0.4 is 10.6 Å². The van der Waals surface area contributed by atoms with Gasteiger partial charge in [0.15, 0.2) is 0 Å². The van der Waals surface area contributed by atoms with Crippen LogP contribution in [0.1, 0.15) is 18.6 Å². The summed E-state index contributed by atoms with van der Waals surface area (Å²) in [5.74, 6) is 0.775. The van der Waals surface area contributed by atoms with Gasteiger partial charge in [-0.3, -0.25) is 0 Å². The fraction of sp³-hybridized carbons (Fsp3) is 0.312. The second-order valence-electron chi connectivity index (χ2n) is 5.24. The molecule has 1 aromatic carbocycles. The Labute approximate surface area is 129 Å². The number of ether oxygens (including phenoxy) is 1. The first-order valence-electron chi connectivity index (χ1n) is 7.04. The third kappa shape index (κ3) is 3.73. The number of nitrogens with one attached hydrogen (secondary N) is 2. The summed E-state index contributed by atoms with van der Waals surface area (Å²) >= 11 is 5.82. The van der Waals surface area contributed by atoms with Gasteiger partial charge in [0.1, 0.15) is 5.82 Å². The van der Waals surface area contributed by atoms with Gasteiger partial charge in [0.25, 0.3) is 0 Å². The molecule has 1 aromatic heterocycles. The van der Waals surface area contributed by atoms with E-state index >= 15 is 0 Å². The van der Waals surface area contributed by atoms with E-state index < -0.39 is 0 Å². The Morgan fingerprint density at radius 2 is 2.05 bits per heavy atom. The summed E-state index contributed by atoms with van der Waals surface area (Å²) in [5.41, 5.74) is 2.18. The molecule has 1 aliphatic rings. The second kappa shape index (κ2) is 6.43. The first-order valence-corrected chi connectivity index (χ1v) is 7.42. The van der Waals surface area contributed by atoms with E-state index in [1.54, 1.807) is 6.20 Å². The van der Waals surface area contributed by atoms with Crippen LogP contribution in [0.2, 0.25) is 5.02 Å². The summed E-state index contributed by atoms with van der Waals surface area (Å²) in [4.78, 5) is 4.22. The van der Waals surface area contributed by atoms with Crippen molar-refractivity contribution in [3.05, 3.63) is 53.2 Å². The standard InChI is InChI=1S/C16H18ClN3O/c1-11-10-21-15(9-18-11)12-2-5-14(6-3-12)20-16-7-4-13(17)8-19-16/h2-8,11,15,18H,9-10H2,1H3,(H,19,20). The largest absolute Gasteiger partial charge is 0.371 e. The predicted octanol–water partition coefficient (Wildman–Crippen LogP) is 3.53. The minimum atomic E-state index is 0.129. The average Bonchev–Trinajstić information content (AvgIpc) is 2.51. The monoisotopic (exact) mass is 303 g/mol. The fourth-order valence-electron chi connectivity index (χ4n) is 2.28. The van der Waals surface area contributed by atoms with Crippen molar-refractivity contribution in [1.82, 2.24) is 10.3 Å². The van der Waals surface area contributed by atoms with Crippen molar-refractivity contribution >= 4 is 23.1 Å². The molecule has 4 nitrogen and oxygen atoms in total. The number of nitrogens with zero attached hydrogens (tertiary/aromatic N) is 1. The number of benzene rings is 1. The topological polar surface area (TPSA) is 46.2 Å². The Hall–Kier alpha value is -1.62. The summed E-state index contributed by atoms with van der Waals surface area (Å²) in [6, 6.07) is 12.3. The lowest BCUT2D eigenvalue weighted by molar-refractivity contribution is 0.00696. The summed E-state index contributed by atoms with van der Waals surface area (Å²) in [7, 11) is 0. The molecule has 0 amide bonds. The highest BCUT2D eigenvalue weighted by molar-refractivity contribution is 6.30. The van der Waals surface area contributed by atoms with Gasteiger partial charge >= 0.3 is 0 Å². The zero-order valence-electron chi connectivity index (χ0n) is 11.8. The first-order chi connectivity index (χ1) is 10.2. The molecule has 2 atom stereocenters. The van der Waals surface area contributed by atoms with E-state index in [0.717, 1.165) is 24.7 Å². The van der Waals surface area contributed by atoms with E-state index in [0.29, 0.717) is 11.1 Å². The lowest BCUT2D eigenvalue weighted by Crippen LogP contribution is -2.40. The van der Waals surface area contributed by atoms with E-state index in [9.17, 15) is 0 Å². The minimum absolute atomic E-state index is 0.129. The van der Waals surface area contributed by atoms with Crippen LogP contribution in [0.15, 0.2) is 42.6 Å². The molecule has 21 heavy (non-hydrogen) atoms. The van der Waals surface area contributed by atoms with Gasteiger partial charge in [-0.1, -0.05) is 23.7 Å². The lowest BCUT2D eigenvalue weighted by atomic mass is 10.1. The number of hydrogen-bond acceptors (Lipinski definition) is 4. The Bertz CT molecular complexity index is 577. The van der Waals surface area contributed by atoms with Crippen LogP contribution in [0.4, 0.5) is 11.5 Å². The molecule has 1 aliphatic heterocycles. The Morgan fingerprint density at radius 1 is 1.24 bits per heavy atom. The highest BCUT2D eigenvalue weighted by atomic mass is 35.5. The SMILES string of the molecule is CC1COC(c2ccc(Nc3ccc(Cl)cn3)cc2)CN1. The van der Waals surface area contributed by atoms with Crippen molar-refractivity contribution in [2.45, 2.75) is 19.1 Å². The zero-order chi connectivity index (χ0) is 14.7.